The summed E-state index contributed by atoms with van der Waals surface area (Å²) >= 11 is 5.65. The first kappa shape index (κ1) is 15.9. The molecule has 0 aromatic heterocycles. The normalized spacial score (nSPS) is 13.3. The van der Waals surface area contributed by atoms with Gasteiger partial charge in [-0.05, 0) is 13.0 Å². The first-order valence-corrected chi connectivity index (χ1v) is 5.77. The smallest absolute Gasteiger partial charge is 0.328 e. The van der Waals surface area contributed by atoms with Crippen molar-refractivity contribution in [3.63, 3.8) is 0 Å². The summed E-state index contributed by atoms with van der Waals surface area (Å²) in [6, 6.07) is 1.65. The second-order valence-corrected chi connectivity index (χ2v) is 4.42. The largest absolute Gasteiger partial charge is 0.480 e. The fourth-order valence-electron chi connectivity index (χ4n) is 1.42. The van der Waals surface area contributed by atoms with Crippen molar-refractivity contribution in [2.24, 2.45) is 0 Å². The van der Waals surface area contributed by atoms with Gasteiger partial charge in [-0.3, -0.25) is 14.9 Å². The van der Waals surface area contributed by atoms with Crippen molar-refractivity contribution in [1.82, 2.24) is 5.32 Å². The van der Waals surface area contributed by atoms with E-state index >= 15 is 0 Å². The minimum absolute atomic E-state index is 0.0340. The summed E-state index contributed by atoms with van der Waals surface area (Å²) < 4.78 is 0. The van der Waals surface area contributed by atoms with Crippen LogP contribution in [0.3, 0.4) is 0 Å². The quantitative estimate of drug-likeness (QED) is 0.545. The fraction of sp³-hybridized carbons (Fsp3) is 0.273. The highest BCUT2D eigenvalue weighted by molar-refractivity contribution is 6.31. The third kappa shape index (κ3) is 3.90. The zero-order valence-corrected chi connectivity index (χ0v) is 11.0. The van der Waals surface area contributed by atoms with Gasteiger partial charge in [-0.25, -0.2) is 4.79 Å². The summed E-state index contributed by atoms with van der Waals surface area (Å²) in [5, 5.41) is 30.7. The first-order chi connectivity index (χ1) is 9.22. The summed E-state index contributed by atoms with van der Waals surface area (Å²) in [4.78, 5) is 32.6. The molecule has 0 aliphatic heterocycles. The predicted molar refractivity (Wildman–Crippen MR) is 68.7 cm³/mol. The molecule has 0 aliphatic carbocycles. The number of nitro groups is 1. The van der Waals surface area contributed by atoms with Crippen molar-refractivity contribution in [2.75, 3.05) is 0 Å². The van der Waals surface area contributed by atoms with Crippen LogP contribution >= 0.6 is 11.6 Å². The van der Waals surface area contributed by atoms with Gasteiger partial charge in [0.05, 0.1) is 11.0 Å². The molecule has 2 atom stereocenters. The number of halogens is 1. The van der Waals surface area contributed by atoms with Crippen LogP contribution in [0.4, 0.5) is 5.69 Å². The molecule has 0 radical (unpaired) electrons. The van der Waals surface area contributed by atoms with Gasteiger partial charge in [0.1, 0.15) is 0 Å². The molecule has 0 saturated heterocycles. The highest BCUT2D eigenvalue weighted by Gasteiger charge is 2.26. The molecule has 1 aromatic rings. The Hall–Kier alpha value is -2.19. The van der Waals surface area contributed by atoms with E-state index in [1.54, 1.807) is 0 Å². The number of nitrogens with zero attached hydrogens (tertiary/aromatic N) is 1. The molecule has 0 bridgehead atoms. The lowest BCUT2D eigenvalue weighted by Crippen LogP contribution is -2.47. The average Bonchev–Trinajstić information content (AvgIpc) is 2.33. The maximum atomic E-state index is 11.8. The van der Waals surface area contributed by atoms with Gasteiger partial charge in [0.2, 0.25) is 0 Å². The number of non-ortho nitro benzene ring substituents is 1. The number of nitrogens with one attached hydrogen (secondary N) is 1. The Bertz CT molecular complexity index is 560. The maximum absolute atomic E-state index is 11.8. The Morgan fingerprint density at radius 2 is 2.00 bits per heavy atom. The summed E-state index contributed by atoms with van der Waals surface area (Å²) in [6.45, 7) is 1.19. The summed E-state index contributed by atoms with van der Waals surface area (Å²) in [6.07, 6.45) is -1.33. The lowest BCUT2D eigenvalue weighted by atomic mass is 10.1. The lowest BCUT2D eigenvalue weighted by Gasteiger charge is -2.16. The molecule has 0 spiro atoms. The summed E-state index contributed by atoms with van der Waals surface area (Å²) in [7, 11) is 0. The molecule has 0 fully saturated rings. The highest BCUT2D eigenvalue weighted by atomic mass is 35.5. The Morgan fingerprint density at radius 3 is 2.45 bits per heavy atom. The summed E-state index contributed by atoms with van der Waals surface area (Å²) in [5.74, 6) is -2.31. The second-order valence-electron chi connectivity index (χ2n) is 3.99. The Labute approximate surface area is 118 Å². The molecule has 0 aliphatic rings. The lowest BCUT2D eigenvalue weighted by molar-refractivity contribution is -0.384. The SMILES string of the molecule is C[C@@H](O)[C@H](NC(=O)c1cc(Cl)cc([N+](=O)[O-])c1)C(=O)O. The van der Waals surface area contributed by atoms with Crippen LogP contribution in [0.5, 0.6) is 0 Å². The van der Waals surface area contributed by atoms with Crippen LogP contribution in [0.15, 0.2) is 18.2 Å². The van der Waals surface area contributed by atoms with Crippen molar-refractivity contribution in [2.45, 2.75) is 19.1 Å². The van der Waals surface area contributed by atoms with E-state index < -0.39 is 34.6 Å². The van der Waals surface area contributed by atoms with Gasteiger partial charge < -0.3 is 15.5 Å². The molecule has 9 heteroatoms. The Kier molecular flexibility index (Phi) is 5.00. The van der Waals surface area contributed by atoms with E-state index in [1.807, 2.05) is 0 Å². The first-order valence-electron chi connectivity index (χ1n) is 5.39. The predicted octanol–water partition coefficient (Wildman–Crippen LogP) is 0.812. The number of hydrogen-bond acceptors (Lipinski definition) is 5. The van der Waals surface area contributed by atoms with Gasteiger partial charge in [-0.1, -0.05) is 11.6 Å². The van der Waals surface area contributed by atoms with Crippen molar-refractivity contribution in [1.29, 1.82) is 0 Å². The molecule has 8 nitrogen and oxygen atoms in total. The number of nitro benzene ring substituents is 1. The van der Waals surface area contributed by atoms with Crippen LogP contribution in [-0.4, -0.2) is 39.2 Å². The molecule has 1 amide bonds. The van der Waals surface area contributed by atoms with E-state index in [9.17, 15) is 24.8 Å². The van der Waals surface area contributed by atoms with Crippen LogP contribution in [0.1, 0.15) is 17.3 Å². The average molecular weight is 303 g/mol. The zero-order valence-electron chi connectivity index (χ0n) is 10.2. The van der Waals surface area contributed by atoms with Crippen LogP contribution < -0.4 is 5.32 Å². The van der Waals surface area contributed by atoms with Crippen LogP contribution in [0, 0.1) is 10.1 Å². The Morgan fingerprint density at radius 1 is 1.40 bits per heavy atom. The van der Waals surface area contributed by atoms with E-state index in [4.69, 9.17) is 16.7 Å². The molecule has 0 unspecified atom stereocenters. The number of aliphatic hydroxyl groups excluding tert-OH is 1. The van der Waals surface area contributed by atoms with E-state index in [0.29, 0.717) is 0 Å². The number of carboxylic acids is 1. The second kappa shape index (κ2) is 6.31. The third-order valence-electron chi connectivity index (χ3n) is 2.39. The van der Waals surface area contributed by atoms with Crippen molar-refractivity contribution >= 4 is 29.2 Å². The van der Waals surface area contributed by atoms with Crippen LogP contribution in [-0.2, 0) is 4.79 Å². The van der Waals surface area contributed by atoms with E-state index in [2.05, 4.69) is 5.32 Å². The standard InChI is InChI=1S/C11H11ClN2O6/c1-5(15)9(11(17)18)13-10(16)6-2-7(12)4-8(3-6)14(19)20/h2-5,9,15H,1H3,(H,13,16)(H,17,18)/t5-,9+/m1/s1. The monoisotopic (exact) mass is 302 g/mol. The van der Waals surface area contributed by atoms with Crippen LogP contribution in [0.25, 0.3) is 0 Å². The summed E-state index contributed by atoms with van der Waals surface area (Å²) in [5.41, 5.74) is -0.567. The van der Waals surface area contributed by atoms with Crippen molar-refractivity contribution in [3.05, 3.63) is 38.9 Å². The zero-order chi connectivity index (χ0) is 15.4. The molecule has 3 N–H and O–H groups in total. The number of amides is 1. The molecule has 1 rings (SSSR count). The number of aliphatic hydroxyl groups is 1. The topological polar surface area (TPSA) is 130 Å². The molecular formula is C11H11ClN2O6. The van der Waals surface area contributed by atoms with Gasteiger partial charge in [-0.2, -0.15) is 0 Å². The van der Waals surface area contributed by atoms with Gasteiger partial charge in [0.25, 0.3) is 11.6 Å². The van der Waals surface area contributed by atoms with E-state index in [-0.39, 0.29) is 10.6 Å². The van der Waals surface area contributed by atoms with E-state index in [0.717, 1.165) is 18.2 Å². The number of hydrogen-bond donors (Lipinski definition) is 3. The number of aliphatic carboxylic acids is 1. The highest BCUT2D eigenvalue weighted by Crippen LogP contribution is 2.21. The molecular weight excluding hydrogens is 292 g/mol. The van der Waals surface area contributed by atoms with Gasteiger partial charge in [0, 0.05) is 22.7 Å². The number of carbonyl (C=O) groups excluding carboxylic acids is 1. The molecule has 0 saturated carbocycles. The van der Waals surface area contributed by atoms with Crippen molar-refractivity contribution in [3.8, 4) is 0 Å². The minimum atomic E-state index is -1.53. The molecule has 1 aromatic carbocycles. The van der Waals surface area contributed by atoms with E-state index in [1.165, 1.54) is 6.92 Å². The van der Waals surface area contributed by atoms with Crippen LogP contribution in [0.2, 0.25) is 5.02 Å². The van der Waals surface area contributed by atoms with Gasteiger partial charge >= 0.3 is 5.97 Å². The molecule has 20 heavy (non-hydrogen) atoms. The van der Waals surface area contributed by atoms with Gasteiger partial charge in [-0.15, -0.1) is 0 Å². The number of carbonyl (C=O) groups is 2. The van der Waals surface area contributed by atoms with Crippen molar-refractivity contribution < 1.29 is 24.7 Å². The number of benzene rings is 1. The van der Waals surface area contributed by atoms with Gasteiger partial charge in [0.15, 0.2) is 6.04 Å². The number of rotatable bonds is 5. The molecule has 108 valence electrons. The molecule has 0 heterocycles. The maximum Gasteiger partial charge on any atom is 0.328 e. The minimum Gasteiger partial charge on any atom is -0.480 e. The third-order valence-corrected chi connectivity index (χ3v) is 2.61. The fourth-order valence-corrected chi connectivity index (χ4v) is 1.65. The Balaban J connectivity index is 3.03. The number of carboxylic acid groups (broad SMARTS) is 1.